The van der Waals surface area contributed by atoms with E-state index in [4.69, 9.17) is 4.74 Å². The first kappa shape index (κ1) is 16.6. The molecule has 0 aliphatic carbocycles. The minimum atomic E-state index is -0.429. The number of halogens is 1. The zero-order chi connectivity index (χ0) is 18.3. The van der Waals surface area contributed by atoms with Crippen molar-refractivity contribution < 1.29 is 9.66 Å². The van der Waals surface area contributed by atoms with Gasteiger partial charge in [-0.2, -0.15) is 9.61 Å². The fourth-order valence-electron chi connectivity index (χ4n) is 2.43. The van der Waals surface area contributed by atoms with Gasteiger partial charge in [0, 0.05) is 27.7 Å². The largest absolute Gasteiger partial charge is 0.497 e. The molecule has 0 aliphatic heterocycles. The Balaban J connectivity index is 1.77. The van der Waals surface area contributed by atoms with Crippen molar-refractivity contribution in [3.05, 3.63) is 57.1 Å². The van der Waals surface area contributed by atoms with Gasteiger partial charge in [0.05, 0.1) is 12.0 Å². The number of hydrogen-bond donors (Lipinski definition) is 0. The predicted molar refractivity (Wildman–Crippen MR) is 100 cm³/mol. The van der Waals surface area contributed by atoms with Crippen molar-refractivity contribution in [1.82, 2.24) is 19.8 Å². The third-order valence-corrected chi connectivity index (χ3v) is 5.34. The number of benzene rings is 2. The van der Waals surface area contributed by atoms with Gasteiger partial charge in [-0.1, -0.05) is 11.3 Å². The first-order valence-electron chi connectivity index (χ1n) is 7.38. The second kappa shape index (κ2) is 6.46. The molecule has 0 fully saturated rings. The zero-order valence-electron chi connectivity index (χ0n) is 13.3. The summed E-state index contributed by atoms with van der Waals surface area (Å²) in [6, 6.07) is 11.8. The number of rotatable bonds is 4. The highest BCUT2D eigenvalue weighted by Crippen LogP contribution is 2.33. The van der Waals surface area contributed by atoms with Crippen molar-refractivity contribution in [1.29, 1.82) is 0 Å². The summed E-state index contributed by atoms with van der Waals surface area (Å²) in [5, 5.41) is 24.4. The van der Waals surface area contributed by atoms with Gasteiger partial charge < -0.3 is 4.74 Å². The quantitative estimate of drug-likeness (QED) is 0.354. The fraction of sp³-hybridized carbons (Fsp3) is 0.0625. The maximum Gasteiger partial charge on any atom is 0.269 e. The Labute approximate surface area is 159 Å². The van der Waals surface area contributed by atoms with Crippen LogP contribution in [0.3, 0.4) is 0 Å². The number of methoxy groups -OCH3 is 1. The van der Waals surface area contributed by atoms with Gasteiger partial charge in [-0.25, -0.2) is 0 Å². The number of hydrogen-bond acceptors (Lipinski definition) is 7. The van der Waals surface area contributed by atoms with Crippen LogP contribution in [0.5, 0.6) is 5.75 Å². The van der Waals surface area contributed by atoms with E-state index in [1.165, 1.54) is 23.5 Å². The minimum absolute atomic E-state index is 0.0413. The van der Waals surface area contributed by atoms with Gasteiger partial charge in [-0.05, 0) is 46.3 Å². The number of fused-ring (bicyclic) bond motifs is 1. The number of non-ortho nitro benzene ring substituents is 1. The molecule has 0 saturated carbocycles. The van der Waals surface area contributed by atoms with Gasteiger partial charge in [-0.3, -0.25) is 10.1 Å². The summed E-state index contributed by atoms with van der Waals surface area (Å²) in [4.78, 5) is 11.0. The van der Waals surface area contributed by atoms with Crippen molar-refractivity contribution in [2.45, 2.75) is 0 Å². The Morgan fingerprint density at radius 2 is 1.96 bits per heavy atom. The predicted octanol–water partition coefficient (Wildman–Crippen LogP) is 4.20. The molecule has 0 radical (unpaired) electrons. The number of nitrogens with zero attached hydrogens (tertiary/aromatic N) is 5. The highest BCUT2D eigenvalue weighted by molar-refractivity contribution is 9.10. The average molecular weight is 432 g/mol. The van der Waals surface area contributed by atoms with Crippen molar-refractivity contribution in [3.8, 4) is 27.7 Å². The molecule has 4 aromatic rings. The van der Waals surface area contributed by atoms with Crippen molar-refractivity contribution >= 4 is 37.9 Å². The molecule has 2 aromatic carbocycles. The Kier molecular flexibility index (Phi) is 4.13. The van der Waals surface area contributed by atoms with Crippen molar-refractivity contribution in [2.24, 2.45) is 0 Å². The van der Waals surface area contributed by atoms with Crippen LogP contribution in [0.1, 0.15) is 0 Å². The van der Waals surface area contributed by atoms with Crippen LogP contribution in [0, 0.1) is 10.1 Å². The number of nitro groups is 1. The molecule has 0 saturated heterocycles. The first-order chi connectivity index (χ1) is 12.6. The van der Waals surface area contributed by atoms with Gasteiger partial charge >= 0.3 is 0 Å². The Morgan fingerprint density at radius 3 is 2.62 bits per heavy atom. The molecule has 0 atom stereocenters. The van der Waals surface area contributed by atoms with Crippen molar-refractivity contribution in [2.75, 3.05) is 7.11 Å². The molecular weight excluding hydrogens is 422 g/mol. The molecular formula is C16H10BrN5O3S. The molecule has 26 heavy (non-hydrogen) atoms. The van der Waals surface area contributed by atoms with Crippen LogP contribution in [-0.4, -0.2) is 31.8 Å². The molecule has 2 heterocycles. The second-order valence-electron chi connectivity index (χ2n) is 5.27. The topological polar surface area (TPSA) is 95.5 Å². The smallest absolute Gasteiger partial charge is 0.269 e. The monoisotopic (exact) mass is 431 g/mol. The summed E-state index contributed by atoms with van der Waals surface area (Å²) in [6.07, 6.45) is 0. The average Bonchev–Trinajstić information content (AvgIpc) is 3.22. The Hall–Kier alpha value is -2.85. The van der Waals surface area contributed by atoms with Crippen LogP contribution in [-0.2, 0) is 0 Å². The molecule has 130 valence electrons. The van der Waals surface area contributed by atoms with E-state index in [-0.39, 0.29) is 5.69 Å². The maximum atomic E-state index is 10.8. The molecule has 0 unspecified atom stereocenters. The van der Waals surface area contributed by atoms with Gasteiger partial charge in [0.1, 0.15) is 10.8 Å². The van der Waals surface area contributed by atoms with Crippen molar-refractivity contribution in [3.63, 3.8) is 0 Å². The molecule has 0 aliphatic rings. The van der Waals surface area contributed by atoms with E-state index in [0.717, 1.165) is 21.3 Å². The Morgan fingerprint density at radius 1 is 1.19 bits per heavy atom. The number of ether oxygens (including phenoxy) is 1. The summed E-state index contributed by atoms with van der Waals surface area (Å²) in [7, 11) is 1.60. The van der Waals surface area contributed by atoms with Gasteiger partial charge in [0.15, 0.2) is 5.82 Å². The van der Waals surface area contributed by atoms with Gasteiger partial charge in [0.25, 0.3) is 5.69 Å². The highest BCUT2D eigenvalue weighted by atomic mass is 79.9. The third kappa shape index (κ3) is 2.82. The zero-order valence-corrected chi connectivity index (χ0v) is 15.7. The number of aromatic nitrogens is 4. The van der Waals surface area contributed by atoms with Gasteiger partial charge in [-0.15, -0.1) is 10.2 Å². The fourth-order valence-corrected chi connectivity index (χ4v) is 3.81. The van der Waals surface area contributed by atoms with Crippen LogP contribution in [0.15, 0.2) is 46.9 Å². The molecule has 0 N–H and O–H groups in total. The highest BCUT2D eigenvalue weighted by Gasteiger charge is 2.17. The summed E-state index contributed by atoms with van der Waals surface area (Å²) < 4.78 is 7.69. The van der Waals surface area contributed by atoms with Crippen LogP contribution >= 0.6 is 27.3 Å². The van der Waals surface area contributed by atoms with Crippen LogP contribution in [0.25, 0.3) is 26.9 Å². The lowest BCUT2D eigenvalue weighted by atomic mass is 10.2. The molecule has 0 bridgehead atoms. The summed E-state index contributed by atoms with van der Waals surface area (Å²) in [5.74, 6) is 1.32. The molecule has 10 heteroatoms. The first-order valence-corrected chi connectivity index (χ1v) is 8.99. The van der Waals surface area contributed by atoms with Crippen LogP contribution in [0.2, 0.25) is 0 Å². The standard InChI is InChI=1S/C16H10BrN5O3S/c1-25-11-6-7-12(13(17)8-11)14-18-19-16-21(14)20-15(26-16)9-2-4-10(5-3-9)22(23)24/h2-8H,1H3. The van der Waals surface area contributed by atoms with E-state index in [1.54, 1.807) is 23.8 Å². The van der Waals surface area contributed by atoms with E-state index < -0.39 is 4.92 Å². The maximum absolute atomic E-state index is 10.8. The molecule has 4 rings (SSSR count). The molecule has 0 spiro atoms. The third-order valence-electron chi connectivity index (χ3n) is 3.73. The molecule has 0 amide bonds. The summed E-state index contributed by atoms with van der Waals surface area (Å²) in [6.45, 7) is 0. The summed E-state index contributed by atoms with van der Waals surface area (Å²) >= 11 is 4.88. The van der Waals surface area contributed by atoms with Crippen LogP contribution < -0.4 is 4.74 Å². The lowest BCUT2D eigenvalue weighted by molar-refractivity contribution is -0.384. The minimum Gasteiger partial charge on any atom is -0.497 e. The number of nitro benzene ring substituents is 1. The van der Waals surface area contributed by atoms with Gasteiger partial charge in [0.2, 0.25) is 4.96 Å². The van der Waals surface area contributed by atoms with E-state index in [9.17, 15) is 10.1 Å². The van der Waals surface area contributed by atoms with Crippen LogP contribution in [0.4, 0.5) is 5.69 Å². The van der Waals surface area contributed by atoms with E-state index in [1.807, 2.05) is 18.2 Å². The normalized spacial score (nSPS) is 11.0. The molecule has 2 aromatic heterocycles. The lowest BCUT2D eigenvalue weighted by Crippen LogP contribution is -1.93. The second-order valence-corrected chi connectivity index (χ2v) is 7.09. The Bertz CT molecular complexity index is 1120. The lowest BCUT2D eigenvalue weighted by Gasteiger charge is -2.04. The molecule has 8 nitrogen and oxygen atoms in total. The van der Waals surface area contributed by atoms with E-state index in [2.05, 4.69) is 31.2 Å². The van der Waals surface area contributed by atoms with E-state index in [0.29, 0.717) is 15.8 Å². The van der Waals surface area contributed by atoms with E-state index >= 15 is 0 Å². The SMILES string of the molecule is COc1ccc(-c2nnc3sc(-c4ccc([N+](=O)[O-])cc4)nn23)c(Br)c1. The summed E-state index contributed by atoms with van der Waals surface area (Å²) in [5.41, 5.74) is 1.66.